The third kappa shape index (κ3) is 3.64. The normalized spacial score (nSPS) is 11.7. The maximum atomic E-state index is 12.3. The van der Waals surface area contributed by atoms with Crippen molar-refractivity contribution in [2.45, 2.75) is 26.8 Å². The molecule has 4 heteroatoms. The average molecular weight is 255 g/mol. The Morgan fingerprint density at radius 3 is 2.26 bits per heavy atom. The molecule has 0 aromatic heterocycles. The zero-order chi connectivity index (χ0) is 14.4. The van der Waals surface area contributed by atoms with Gasteiger partial charge in [0.05, 0.1) is 31.3 Å². The lowest BCUT2D eigenvalue weighted by atomic mass is 9.99. The Kier molecular flexibility index (Phi) is 5.23. The fourth-order valence-electron chi connectivity index (χ4n) is 1.81. The van der Waals surface area contributed by atoms with Crippen LogP contribution in [0.15, 0.2) is 18.2 Å². The van der Waals surface area contributed by atoms with Crippen LogP contribution in [0.1, 0.15) is 28.4 Å². The molecule has 1 aromatic rings. The van der Waals surface area contributed by atoms with Gasteiger partial charge >= 0.3 is 0 Å². The summed E-state index contributed by atoms with van der Waals surface area (Å²) in [6.45, 7) is 5.83. The summed E-state index contributed by atoms with van der Waals surface area (Å²) in [6.07, 6.45) is 0. The maximum Gasteiger partial charge on any atom is 0.179 e. The van der Waals surface area contributed by atoms with Crippen LogP contribution in [0.2, 0.25) is 0 Å². The van der Waals surface area contributed by atoms with Crippen LogP contribution in [0.5, 0.6) is 0 Å². The summed E-state index contributed by atoms with van der Waals surface area (Å²) >= 11 is 0. The Hall–Kier alpha value is -2.17. The number of nitriles is 2. The molecule has 4 nitrogen and oxygen atoms in total. The fraction of sp³-hybridized carbons (Fsp3) is 0.400. The van der Waals surface area contributed by atoms with E-state index in [0.29, 0.717) is 5.56 Å². The molecule has 0 saturated heterocycles. The predicted octanol–water partition coefficient (Wildman–Crippen LogP) is 2.22. The van der Waals surface area contributed by atoms with E-state index in [1.807, 2.05) is 38.1 Å². The molecule has 1 rings (SSSR count). The minimum Gasteiger partial charge on any atom is -0.292 e. The number of carbonyl (C=O) groups excluding carboxylic acids is 1. The SMILES string of the molecule is Cc1ccc(C(=O)C(C)N(CC#N)CC#N)cc1C. The summed E-state index contributed by atoms with van der Waals surface area (Å²) in [5.74, 6) is -0.0615. The molecule has 0 radical (unpaired) electrons. The molecule has 1 aromatic carbocycles. The molecule has 0 aliphatic carbocycles. The van der Waals surface area contributed by atoms with Crippen molar-refractivity contribution >= 4 is 5.78 Å². The monoisotopic (exact) mass is 255 g/mol. The first kappa shape index (κ1) is 14.9. The lowest BCUT2D eigenvalue weighted by Gasteiger charge is -2.22. The topological polar surface area (TPSA) is 67.9 Å². The van der Waals surface area contributed by atoms with Gasteiger partial charge in [0.25, 0.3) is 0 Å². The number of Topliss-reactive ketones (excluding diaryl/α,β-unsaturated/α-hetero) is 1. The third-order valence-electron chi connectivity index (χ3n) is 3.27. The predicted molar refractivity (Wildman–Crippen MR) is 72.5 cm³/mol. The van der Waals surface area contributed by atoms with Gasteiger partial charge in [-0.15, -0.1) is 0 Å². The molecular weight excluding hydrogens is 238 g/mol. The first-order valence-electron chi connectivity index (χ1n) is 6.10. The second-order valence-corrected chi connectivity index (χ2v) is 4.56. The molecule has 0 heterocycles. The molecule has 0 fully saturated rings. The van der Waals surface area contributed by atoms with Crippen LogP contribution >= 0.6 is 0 Å². The van der Waals surface area contributed by atoms with Crippen molar-refractivity contribution in [3.05, 3.63) is 34.9 Å². The van der Waals surface area contributed by atoms with Crippen LogP contribution in [-0.2, 0) is 0 Å². The summed E-state index contributed by atoms with van der Waals surface area (Å²) in [5, 5.41) is 17.5. The van der Waals surface area contributed by atoms with E-state index in [2.05, 4.69) is 0 Å². The van der Waals surface area contributed by atoms with Crippen LogP contribution in [-0.4, -0.2) is 29.8 Å². The molecule has 1 atom stereocenters. The van der Waals surface area contributed by atoms with Crippen molar-refractivity contribution < 1.29 is 4.79 Å². The maximum absolute atomic E-state index is 12.3. The third-order valence-corrected chi connectivity index (χ3v) is 3.27. The lowest BCUT2D eigenvalue weighted by molar-refractivity contribution is 0.0868. The first-order valence-corrected chi connectivity index (χ1v) is 6.10. The fourth-order valence-corrected chi connectivity index (χ4v) is 1.81. The van der Waals surface area contributed by atoms with Crippen molar-refractivity contribution in [3.63, 3.8) is 0 Å². The van der Waals surface area contributed by atoms with Gasteiger partial charge in [-0.25, -0.2) is 0 Å². The number of nitrogens with zero attached hydrogens (tertiary/aromatic N) is 3. The van der Waals surface area contributed by atoms with Gasteiger partial charge < -0.3 is 0 Å². The number of benzene rings is 1. The number of rotatable bonds is 5. The Labute approximate surface area is 113 Å². The zero-order valence-electron chi connectivity index (χ0n) is 11.5. The molecule has 0 aliphatic heterocycles. The highest BCUT2D eigenvalue weighted by molar-refractivity contribution is 6.00. The van der Waals surface area contributed by atoms with Crippen molar-refractivity contribution in [2.24, 2.45) is 0 Å². The van der Waals surface area contributed by atoms with Gasteiger partial charge in [0.2, 0.25) is 0 Å². The van der Waals surface area contributed by atoms with Crippen LogP contribution in [0.4, 0.5) is 0 Å². The van der Waals surface area contributed by atoms with Crippen LogP contribution < -0.4 is 0 Å². The van der Waals surface area contributed by atoms with E-state index < -0.39 is 6.04 Å². The van der Waals surface area contributed by atoms with Crippen molar-refractivity contribution in [1.82, 2.24) is 4.90 Å². The van der Waals surface area contributed by atoms with Gasteiger partial charge in [0, 0.05) is 5.56 Å². The largest absolute Gasteiger partial charge is 0.292 e. The van der Waals surface area contributed by atoms with E-state index in [1.54, 1.807) is 17.9 Å². The van der Waals surface area contributed by atoms with E-state index in [0.717, 1.165) is 11.1 Å². The highest BCUT2D eigenvalue weighted by Gasteiger charge is 2.22. The zero-order valence-corrected chi connectivity index (χ0v) is 11.5. The minimum atomic E-state index is -0.471. The Bertz CT molecular complexity index is 535. The van der Waals surface area contributed by atoms with Gasteiger partial charge in [-0.05, 0) is 38.0 Å². The van der Waals surface area contributed by atoms with Crippen LogP contribution in [0, 0.1) is 36.5 Å². The Morgan fingerprint density at radius 2 is 1.79 bits per heavy atom. The van der Waals surface area contributed by atoms with Crippen LogP contribution in [0.25, 0.3) is 0 Å². The minimum absolute atomic E-state index is 0.0615. The quantitative estimate of drug-likeness (QED) is 0.597. The number of carbonyl (C=O) groups is 1. The molecule has 0 N–H and O–H groups in total. The van der Waals surface area contributed by atoms with Gasteiger partial charge in [-0.1, -0.05) is 12.1 Å². The number of hydrogen-bond donors (Lipinski definition) is 0. The summed E-state index contributed by atoms with van der Waals surface area (Å²) in [6, 6.07) is 9.05. The smallest absolute Gasteiger partial charge is 0.179 e. The second kappa shape index (κ2) is 6.68. The van der Waals surface area contributed by atoms with E-state index >= 15 is 0 Å². The molecule has 98 valence electrons. The molecule has 0 spiro atoms. The summed E-state index contributed by atoms with van der Waals surface area (Å²) in [7, 11) is 0. The van der Waals surface area contributed by atoms with E-state index in [4.69, 9.17) is 10.5 Å². The summed E-state index contributed by atoms with van der Waals surface area (Å²) in [5.41, 5.74) is 2.82. The molecule has 19 heavy (non-hydrogen) atoms. The van der Waals surface area contributed by atoms with Crippen molar-refractivity contribution in [1.29, 1.82) is 10.5 Å². The average Bonchev–Trinajstić information content (AvgIpc) is 2.40. The van der Waals surface area contributed by atoms with Crippen molar-refractivity contribution in [2.75, 3.05) is 13.1 Å². The molecular formula is C15H17N3O. The first-order chi connectivity index (χ1) is 9.01. The van der Waals surface area contributed by atoms with Gasteiger partial charge in [0.1, 0.15) is 0 Å². The Morgan fingerprint density at radius 1 is 1.21 bits per heavy atom. The summed E-state index contributed by atoms with van der Waals surface area (Å²) < 4.78 is 0. The van der Waals surface area contributed by atoms with E-state index in [-0.39, 0.29) is 18.9 Å². The Balaban J connectivity index is 2.95. The number of aryl methyl sites for hydroxylation is 2. The standard InChI is InChI=1S/C15H17N3O/c1-11-4-5-14(10-12(11)2)15(19)13(3)18(8-6-16)9-7-17/h4-5,10,13H,8-9H2,1-3H3. The second-order valence-electron chi connectivity index (χ2n) is 4.56. The van der Waals surface area contributed by atoms with Crippen molar-refractivity contribution in [3.8, 4) is 12.1 Å². The highest BCUT2D eigenvalue weighted by Crippen LogP contribution is 2.14. The van der Waals surface area contributed by atoms with Gasteiger partial charge in [0.15, 0.2) is 5.78 Å². The highest BCUT2D eigenvalue weighted by atomic mass is 16.1. The number of ketones is 1. The van der Waals surface area contributed by atoms with Crippen LogP contribution in [0.3, 0.4) is 0 Å². The van der Waals surface area contributed by atoms with E-state index in [9.17, 15) is 4.79 Å². The van der Waals surface area contributed by atoms with Gasteiger partial charge in [-0.3, -0.25) is 9.69 Å². The molecule has 0 aliphatic rings. The molecule has 0 bridgehead atoms. The summed E-state index contributed by atoms with van der Waals surface area (Å²) in [4.78, 5) is 13.9. The van der Waals surface area contributed by atoms with Gasteiger partial charge in [-0.2, -0.15) is 10.5 Å². The number of hydrogen-bond acceptors (Lipinski definition) is 4. The molecule has 0 amide bonds. The molecule has 0 saturated carbocycles. The molecule has 1 unspecified atom stereocenters. The lowest BCUT2D eigenvalue weighted by Crippen LogP contribution is -2.39. The van der Waals surface area contributed by atoms with E-state index in [1.165, 1.54) is 0 Å².